The molecule has 0 unspecified atom stereocenters. The zero-order valence-corrected chi connectivity index (χ0v) is 24.6. The van der Waals surface area contributed by atoms with Gasteiger partial charge in [0.1, 0.15) is 17.1 Å². The molecule has 0 saturated heterocycles. The Labute approximate surface area is 245 Å². The van der Waals surface area contributed by atoms with Crippen LogP contribution in [0.3, 0.4) is 0 Å². The number of fused-ring (bicyclic) bond motifs is 1. The highest BCUT2D eigenvalue weighted by molar-refractivity contribution is 6.03. The number of carbonyl (C=O) groups excluding carboxylic acids is 2. The van der Waals surface area contributed by atoms with E-state index in [2.05, 4.69) is 25.9 Å². The summed E-state index contributed by atoms with van der Waals surface area (Å²) in [5.41, 5.74) is 0.991. The molecule has 220 valence electrons. The van der Waals surface area contributed by atoms with Gasteiger partial charge in [0.15, 0.2) is 0 Å². The van der Waals surface area contributed by atoms with Crippen LogP contribution >= 0.6 is 0 Å². The van der Waals surface area contributed by atoms with Crippen molar-refractivity contribution in [3.63, 3.8) is 0 Å². The van der Waals surface area contributed by atoms with Crippen LogP contribution in [0.1, 0.15) is 31.1 Å². The molecule has 11 nitrogen and oxygen atoms in total. The highest BCUT2D eigenvalue weighted by atomic mass is 16.6. The topological polar surface area (TPSA) is 127 Å². The van der Waals surface area contributed by atoms with Crippen molar-refractivity contribution in [1.29, 1.82) is 0 Å². The van der Waals surface area contributed by atoms with Crippen molar-refractivity contribution in [3.8, 4) is 17.4 Å². The van der Waals surface area contributed by atoms with Gasteiger partial charge in [-0.2, -0.15) is 4.98 Å². The molecule has 3 aromatic carbocycles. The first-order chi connectivity index (χ1) is 20.0. The van der Waals surface area contributed by atoms with Gasteiger partial charge in [0, 0.05) is 53.4 Å². The van der Waals surface area contributed by atoms with Gasteiger partial charge in [-0.1, -0.05) is 24.3 Å². The SMILES string of the molecule is COc1cc(Nc2nccc(Oc3ccc(NC(=O)OC(C)(C)C)c4ccccc34)n2)cc(C(=O)NCCN(C)C)c1. The van der Waals surface area contributed by atoms with Gasteiger partial charge < -0.3 is 29.7 Å². The summed E-state index contributed by atoms with van der Waals surface area (Å²) < 4.78 is 17.0. The highest BCUT2D eigenvalue weighted by Crippen LogP contribution is 2.34. The number of methoxy groups -OCH3 is 1. The molecule has 11 heteroatoms. The Balaban J connectivity index is 1.53. The van der Waals surface area contributed by atoms with E-state index in [4.69, 9.17) is 14.2 Å². The van der Waals surface area contributed by atoms with Crippen molar-refractivity contribution >= 4 is 40.1 Å². The van der Waals surface area contributed by atoms with E-state index in [0.29, 0.717) is 40.9 Å². The number of aromatic nitrogens is 2. The number of nitrogens with one attached hydrogen (secondary N) is 3. The number of hydrogen-bond donors (Lipinski definition) is 3. The molecule has 2 amide bonds. The normalized spacial score (nSPS) is 11.2. The Hall–Kier alpha value is -4.90. The number of ether oxygens (including phenoxy) is 3. The molecule has 1 aromatic heterocycles. The molecule has 3 N–H and O–H groups in total. The summed E-state index contributed by atoms with van der Waals surface area (Å²) in [5, 5.41) is 10.4. The monoisotopic (exact) mass is 572 g/mol. The molecule has 0 fully saturated rings. The van der Waals surface area contributed by atoms with Gasteiger partial charge in [0.25, 0.3) is 5.91 Å². The van der Waals surface area contributed by atoms with E-state index in [0.717, 1.165) is 17.3 Å². The summed E-state index contributed by atoms with van der Waals surface area (Å²) in [5.74, 6) is 1.41. The molecule has 42 heavy (non-hydrogen) atoms. The van der Waals surface area contributed by atoms with Crippen LogP contribution in [0.15, 0.2) is 66.9 Å². The minimum absolute atomic E-state index is 0.215. The smallest absolute Gasteiger partial charge is 0.412 e. The van der Waals surface area contributed by atoms with Gasteiger partial charge in [-0.3, -0.25) is 10.1 Å². The lowest BCUT2D eigenvalue weighted by Crippen LogP contribution is -2.31. The highest BCUT2D eigenvalue weighted by Gasteiger charge is 2.18. The first-order valence-electron chi connectivity index (χ1n) is 13.4. The summed E-state index contributed by atoms with van der Waals surface area (Å²) in [6, 6.07) is 17.8. The van der Waals surface area contributed by atoms with Crippen LogP contribution in [-0.4, -0.2) is 66.8 Å². The number of carbonyl (C=O) groups is 2. The van der Waals surface area contributed by atoms with E-state index >= 15 is 0 Å². The Morgan fingerprint density at radius 2 is 1.74 bits per heavy atom. The zero-order chi connectivity index (χ0) is 30.3. The number of nitrogens with zero attached hydrogens (tertiary/aromatic N) is 3. The van der Waals surface area contributed by atoms with Gasteiger partial charge in [0.05, 0.1) is 12.8 Å². The van der Waals surface area contributed by atoms with Crippen LogP contribution in [0, 0.1) is 0 Å². The van der Waals surface area contributed by atoms with Crippen molar-refractivity contribution in [2.24, 2.45) is 0 Å². The van der Waals surface area contributed by atoms with Crippen LogP contribution in [0.4, 0.5) is 22.1 Å². The summed E-state index contributed by atoms with van der Waals surface area (Å²) >= 11 is 0. The molecule has 4 aromatic rings. The predicted molar refractivity (Wildman–Crippen MR) is 163 cm³/mol. The third kappa shape index (κ3) is 8.31. The lowest BCUT2D eigenvalue weighted by atomic mass is 10.1. The third-order valence-corrected chi connectivity index (χ3v) is 5.87. The average molecular weight is 573 g/mol. The van der Waals surface area contributed by atoms with Crippen molar-refractivity contribution in [3.05, 3.63) is 72.4 Å². The van der Waals surface area contributed by atoms with Crippen LogP contribution in [0.5, 0.6) is 17.4 Å². The van der Waals surface area contributed by atoms with E-state index in [-0.39, 0.29) is 11.9 Å². The van der Waals surface area contributed by atoms with Crippen molar-refractivity contribution < 1.29 is 23.8 Å². The molecule has 1 heterocycles. The van der Waals surface area contributed by atoms with E-state index in [1.54, 1.807) is 42.6 Å². The number of likely N-dealkylation sites (N-methyl/N-ethyl adjacent to an activating group) is 1. The molecular weight excluding hydrogens is 536 g/mol. The molecule has 0 atom stereocenters. The average Bonchev–Trinajstić information content (AvgIpc) is 2.93. The molecule has 0 aliphatic carbocycles. The minimum Gasteiger partial charge on any atom is -0.497 e. The molecule has 4 rings (SSSR count). The second kappa shape index (κ2) is 13.2. The Kier molecular flexibility index (Phi) is 9.43. The second-order valence-corrected chi connectivity index (χ2v) is 10.7. The van der Waals surface area contributed by atoms with Gasteiger partial charge in [-0.05, 0) is 59.1 Å². The number of rotatable bonds is 10. The van der Waals surface area contributed by atoms with Gasteiger partial charge >= 0.3 is 6.09 Å². The first-order valence-corrected chi connectivity index (χ1v) is 13.4. The van der Waals surface area contributed by atoms with Gasteiger partial charge in [-0.25, -0.2) is 9.78 Å². The standard InChI is InChI=1S/C31H36N6O5/c1-31(2,3)42-30(39)35-25-11-12-26(24-10-8-7-9-23(24)25)41-27-13-14-33-29(36-27)34-21-17-20(18-22(19-21)40-6)28(38)32-15-16-37(4)5/h7-14,17-19H,15-16H2,1-6H3,(H,32,38)(H,35,39)(H,33,34,36). The molecule has 0 aliphatic rings. The predicted octanol–water partition coefficient (Wildman–Crippen LogP) is 5.81. The van der Waals surface area contributed by atoms with Crippen molar-refractivity contribution in [1.82, 2.24) is 20.2 Å². The van der Waals surface area contributed by atoms with Crippen LogP contribution in [-0.2, 0) is 4.74 Å². The van der Waals surface area contributed by atoms with Crippen molar-refractivity contribution in [2.45, 2.75) is 26.4 Å². The quantitative estimate of drug-likeness (QED) is 0.216. The van der Waals surface area contributed by atoms with Crippen LogP contribution in [0.2, 0.25) is 0 Å². The van der Waals surface area contributed by atoms with E-state index in [1.165, 1.54) is 7.11 Å². The minimum atomic E-state index is -0.619. The lowest BCUT2D eigenvalue weighted by Gasteiger charge is -2.20. The van der Waals surface area contributed by atoms with Crippen molar-refractivity contribution in [2.75, 3.05) is 44.9 Å². The van der Waals surface area contributed by atoms with Crippen LogP contribution in [0.25, 0.3) is 10.8 Å². The zero-order valence-electron chi connectivity index (χ0n) is 24.6. The summed E-state index contributed by atoms with van der Waals surface area (Å²) in [6.07, 6.45) is 1.03. The third-order valence-electron chi connectivity index (χ3n) is 5.87. The Bertz CT molecular complexity index is 1570. The Morgan fingerprint density at radius 3 is 2.45 bits per heavy atom. The second-order valence-electron chi connectivity index (χ2n) is 10.7. The fourth-order valence-electron chi connectivity index (χ4n) is 4.00. The summed E-state index contributed by atoms with van der Waals surface area (Å²) in [7, 11) is 5.43. The number of hydrogen-bond acceptors (Lipinski definition) is 9. The Morgan fingerprint density at radius 1 is 0.976 bits per heavy atom. The number of benzene rings is 3. The fraction of sp³-hybridized carbons (Fsp3) is 0.290. The summed E-state index contributed by atoms with van der Waals surface area (Å²) in [6.45, 7) is 6.67. The van der Waals surface area contributed by atoms with E-state index in [1.807, 2.05) is 64.0 Å². The fourth-order valence-corrected chi connectivity index (χ4v) is 4.00. The molecule has 0 aliphatic heterocycles. The van der Waals surface area contributed by atoms with Gasteiger partial charge in [-0.15, -0.1) is 0 Å². The molecule has 0 spiro atoms. The first kappa shape index (κ1) is 30.1. The number of amides is 2. The maximum Gasteiger partial charge on any atom is 0.412 e. The largest absolute Gasteiger partial charge is 0.497 e. The molecule has 0 saturated carbocycles. The van der Waals surface area contributed by atoms with Crippen LogP contribution < -0.4 is 25.4 Å². The molecule has 0 bridgehead atoms. The lowest BCUT2D eigenvalue weighted by molar-refractivity contribution is 0.0636. The molecule has 0 radical (unpaired) electrons. The maximum atomic E-state index is 12.7. The number of anilines is 3. The molecular formula is C31H36N6O5. The summed E-state index contributed by atoms with van der Waals surface area (Å²) in [4.78, 5) is 35.9. The van der Waals surface area contributed by atoms with E-state index < -0.39 is 11.7 Å². The van der Waals surface area contributed by atoms with Gasteiger partial charge in [0.2, 0.25) is 11.8 Å². The van der Waals surface area contributed by atoms with E-state index in [9.17, 15) is 9.59 Å². The maximum absolute atomic E-state index is 12.7.